The Morgan fingerprint density at radius 1 is 0.755 bits per heavy atom. The second-order valence-corrected chi connectivity index (χ2v) is 15.6. The van der Waals surface area contributed by atoms with Gasteiger partial charge in [-0.25, -0.2) is 0 Å². The van der Waals surface area contributed by atoms with E-state index < -0.39 is 52.5 Å². The standard InChI is InChI=1S/C40H80NO7P/c1-6-8-10-12-14-16-18-20-22-24-26-28-30-32-35-45-37-39(38-47-49(43,44)46-36-34-41(3,4)5)48-40(42)33-31-29-27-25-23-21-19-17-15-13-11-9-7-2/h32,35,39H,6-31,33-34,36-38H2,1-5H3/b35-32-/t39-/m1/s1/i2D3,7D2,9D2,11D2. The van der Waals surface area contributed by atoms with Gasteiger partial charge in [0.2, 0.25) is 0 Å². The first-order valence-electron chi connectivity index (χ1n) is 23.9. The molecule has 0 saturated carbocycles. The molecule has 0 spiro atoms. The average Bonchev–Trinajstić information content (AvgIpc) is 3.11. The van der Waals surface area contributed by atoms with Crippen LogP contribution in [0.15, 0.2) is 12.3 Å². The number of carbonyl (C=O) groups excluding carboxylic acids is 1. The second kappa shape index (κ2) is 34.2. The molecule has 0 aromatic carbocycles. The summed E-state index contributed by atoms with van der Waals surface area (Å²) in [5.41, 5.74) is 0. The van der Waals surface area contributed by atoms with Crippen LogP contribution in [0.25, 0.3) is 0 Å². The number of hydrogen-bond donors (Lipinski definition) is 0. The molecular formula is C40H80NO7P. The van der Waals surface area contributed by atoms with Crippen LogP contribution in [-0.2, 0) is 27.9 Å². The molecule has 9 heteroatoms. The lowest BCUT2D eigenvalue weighted by Gasteiger charge is -2.28. The van der Waals surface area contributed by atoms with Crippen LogP contribution in [-0.4, -0.2) is 64.1 Å². The Morgan fingerprint density at radius 3 is 1.84 bits per heavy atom. The van der Waals surface area contributed by atoms with E-state index in [0.29, 0.717) is 30.3 Å². The Hall–Kier alpha value is -0.920. The molecule has 8 nitrogen and oxygen atoms in total. The van der Waals surface area contributed by atoms with Crippen molar-refractivity contribution in [3.8, 4) is 0 Å². The van der Waals surface area contributed by atoms with Crippen molar-refractivity contribution in [1.82, 2.24) is 0 Å². The second-order valence-electron chi connectivity index (χ2n) is 14.2. The zero-order chi connectivity index (χ0) is 44.2. The van der Waals surface area contributed by atoms with Gasteiger partial charge in [-0.3, -0.25) is 9.36 Å². The highest BCUT2D eigenvalue weighted by atomic mass is 31.2. The third kappa shape index (κ3) is 38.1. The van der Waals surface area contributed by atoms with Gasteiger partial charge in [0.15, 0.2) is 6.10 Å². The van der Waals surface area contributed by atoms with Crippen molar-refractivity contribution < 1.29 is 49.6 Å². The van der Waals surface area contributed by atoms with Crippen molar-refractivity contribution in [2.45, 2.75) is 193 Å². The quantitative estimate of drug-likeness (QED) is 0.0205. The lowest BCUT2D eigenvalue weighted by molar-refractivity contribution is -0.870. The van der Waals surface area contributed by atoms with Crippen LogP contribution in [0.1, 0.15) is 199 Å². The Morgan fingerprint density at radius 2 is 1.29 bits per heavy atom. The summed E-state index contributed by atoms with van der Waals surface area (Å²) in [4.78, 5) is 25.0. The van der Waals surface area contributed by atoms with Gasteiger partial charge in [0.1, 0.15) is 19.8 Å². The highest BCUT2D eigenvalue weighted by Crippen LogP contribution is 2.38. The summed E-state index contributed by atoms with van der Waals surface area (Å²) in [5, 5.41) is 0. The lowest BCUT2D eigenvalue weighted by atomic mass is 10.0. The monoisotopic (exact) mass is 727 g/mol. The number of phosphoric ester groups is 1. The molecule has 49 heavy (non-hydrogen) atoms. The third-order valence-corrected chi connectivity index (χ3v) is 9.22. The summed E-state index contributed by atoms with van der Waals surface area (Å²) < 4.78 is 103. The van der Waals surface area contributed by atoms with E-state index in [1.807, 2.05) is 27.2 Å². The molecule has 0 aromatic heterocycles. The Balaban J connectivity index is 4.50. The Kier molecular flexibility index (Phi) is 23.6. The maximum absolute atomic E-state index is 12.7. The van der Waals surface area contributed by atoms with Gasteiger partial charge in [0.25, 0.3) is 7.82 Å². The minimum absolute atomic E-state index is 0.0387. The van der Waals surface area contributed by atoms with E-state index in [1.165, 1.54) is 64.2 Å². The molecule has 0 N–H and O–H groups in total. The minimum atomic E-state index is -4.61. The fraction of sp³-hybridized carbons (Fsp3) is 0.925. The number of likely N-dealkylation sites (N-methyl/N-ethyl adjacent to an activating group) is 1. The van der Waals surface area contributed by atoms with Gasteiger partial charge in [0, 0.05) is 18.8 Å². The van der Waals surface area contributed by atoms with E-state index in [2.05, 4.69) is 6.92 Å². The number of nitrogens with zero attached hydrogens (tertiary/aromatic N) is 1. The maximum atomic E-state index is 12.7. The number of phosphoric acid groups is 1. The molecule has 0 aliphatic rings. The fourth-order valence-corrected chi connectivity index (χ4v) is 5.96. The van der Waals surface area contributed by atoms with Gasteiger partial charge >= 0.3 is 5.97 Å². The van der Waals surface area contributed by atoms with E-state index >= 15 is 0 Å². The van der Waals surface area contributed by atoms with Crippen molar-refractivity contribution >= 4 is 13.8 Å². The van der Waals surface area contributed by atoms with Gasteiger partial charge in [-0.15, -0.1) is 0 Å². The molecule has 0 aromatic rings. The summed E-state index contributed by atoms with van der Waals surface area (Å²) in [7, 11) is 1.13. The van der Waals surface area contributed by atoms with Crippen molar-refractivity contribution in [2.24, 2.45) is 0 Å². The molecule has 2 atom stereocenters. The van der Waals surface area contributed by atoms with E-state index in [4.69, 9.17) is 30.9 Å². The summed E-state index contributed by atoms with van der Waals surface area (Å²) in [6, 6.07) is 0. The molecular weight excluding hydrogens is 637 g/mol. The van der Waals surface area contributed by atoms with Crippen molar-refractivity contribution in [2.75, 3.05) is 47.5 Å². The predicted octanol–water partition coefficient (Wildman–Crippen LogP) is 11.2. The minimum Gasteiger partial charge on any atom is -0.756 e. The third-order valence-electron chi connectivity index (χ3n) is 8.26. The van der Waals surface area contributed by atoms with Crippen LogP contribution in [0.3, 0.4) is 0 Å². The number of carbonyl (C=O) groups is 1. The van der Waals surface area contributed by atoms with Gasteiger partial charge < -0.3 is 27.9 Å². The first-order chi connectivity index (χ1) is 27.0. The van der Waals surface area contributed by atoms with Crippen LogP contribution >= 0.6 is 7.82 Å². The van der Waals surface area contributed by atoms with Crippen molar-refractivity contribution in [3.05, 3.63) is 12.3 Å². The van der Waals surface area contributed by atoms with E-state index in [1.54, 1.807) is 6.26 Å². The van der Waals surface area contributed by atoms with Crippen LogP contribution in [0.2, 0.25) is 0 Å². The number of ether oxygens (including phenoxy) is 2. The Labute approximate surface area is 316 Å². The first-order valence-corrected chi connectivity index (χ1v) is 20.8. The highest BCUT2D eigenvalue weighted by Gasteiger charge is 2.20. The fourth-order valence-electron chi connectivity index (χ4n) is 5.23. The molecule has 0 amide bonds. The molecule has 0 radical (unpaired) electrons. The number of allylic oxidation sites excluding steroid dienone is 1. The van der Waals surface area contributed by atoms with Gasteiger partial charge in [0.05, 0.1) is 34.0 Å². The Bertz CT molecular complexity index is 1140. The van der Waals surface area contributed by atoms with Crippen LogP contribution < -0.4 is 4.89 Å². The zero-order valence-electron chi connectivity index (χ0n) is 40.8. The van der Waals surface area contributed by atoms with Crippen LogP contribution in [0.5, 0.6) is 0 Å². The van der Waals surface area contributed by atoms with E-state index in [-0.39, 0.29) is 26.1 Å². The topological polar surface area (TPSA) is 94.1 Å². The van der Waals surface area contributed by atoms with Gasteiger partial charge in [-0.2, -0.15) is 0 Å². The summed E-state index contributed by atoms with van der Waals surface area (Å²) in [6.45, 7) is -1.10. The van der Waals surface area contributed by atoms with Gasteiger partial charge in [-0.1, -0.05) is 161 Å². The molecule has 0 heterocycles. The van der Waals surface area contributed by atoms with E-state index in [9.17, 15) is 14.3 Å². The molecule has 0 aliphatic carbocycles. The normalized spacial score (nSPS) is 17.8. The van der Waals surface area contributed by atoms with Crippen molar-refractivity contribution in [1.29, 1.82) is 0 Å². The number of unbranched alkanes of at least 4 members (excludes halogenated alkanes) is 20. The smallest absolute Gasteiger partial charge is 0.306 e. The van der Waals surface area contributed by atoms with Gasteiger partial charge in [-0.05, 0) is 25.3 Å². The molecule has 0 fully saturated rings. The number of hydrogen-bond acceptors (Lipinski definition) is 7. The summed E-state index contributed by atoms with van der Waals surface area (Å²) in [5.74, 6) is -0.472. The lowest BCUT2D eigenvalue weighted by Crippen LogP contribution is -2.37. The summed E-state index contributed by atoms with van der Waals surface area (Å²) >= 11 is 0. The number of esters is 1. The molecule has 292 valence electrons. The largest absolute Gasteiger partial charge is 0.756 e. The molecule has 0 aliphatic heterocycles. The highest BCUT2D eigenvalue weighted by molar-refractivity contribution is 7.45. The SMILES string of the molecule is [2H]C([2H])([2H])C([2H])([2H])C([2H])([2H])C([2H])([2H])CCCCCCCCCCCC(=O)O[C@H](CO/C=C\CCCCCCCCCCCCCC)COP(=O)([O-])OCC[N+](C)(C)C. The van der Waals surface area contributed by atoms with Crippen molar-refractivity contribution in [3.63, 3.8) is 0 Å². The molecule has 0 bridgehead atoms. The molecule has 0 rings (SSSR count). The first kappa shape index (κ1) is 33.9. The number of quaternary nitrogens is 1. The summed E-state index contributed by atoms with van der Waals surface area (Å²) in [6.07, 6.45) is 16.3. The predicted molar refractivity (Wildman–Crippen MR) is 203 cm³/mol. The number of rotatable bonds is 38. The average molecular weight is 727 g/mol. The van der Waals surface area contributed by atoms with Crippen LogP contribution in [0.4, 0.5) is 0 Å². The maximum Gasteiger partial charge on any atom is 0.306 e. The van der Waals surface area contributed by atoms with Crippen LogP contribution in [0, 0.1) is 0 Å². The zero-order valence-corrected chi connectivity index (χ0v) is 32.7. The van der Waals surface area contributed by atoms with E-state index in [0.717, 1.165) is 57.8 Å². The molecule has 0 saturated heterocycles. The molecule has 1 unspecified atom stereocenters.